The number of nitrogens with one attached hydrogen (secondary N) is 2. The van der Waals surface area contributed by atoms with E-state index in [1.807, 2.05) is 6.92 Å². The first-order valence-corrected chi connectivity index (χ1v) is 8.86. The van der Waals surface area contributed by atoms with Gasteiger partial charge in [0.1, 0.15) is 11.3 Å². The molecule has 2 N–H and O–H groups in total. The zero-order chi connectivity index (χ0) is 20.1. The molecule has 1 heterocycles. The second kappa shape index (κ2) is 8.34. The normalized spacial score (nSPS) is 10.6. The van der Waals surface area contributed by atoms with Crippen LogP contribution in [0.15, 0.2) is 52.9 Å². The van der Waals surface area contributed by atoms with E-state index in [-0.39, 0.29) is 17.4 Å². The minimum absolute atomic E-state index is 0.0237. The van der Waals surface area contributed by atoms with Crippen LogP contribution in [0.5, 0.6) is 0 Å². The van der Waals surface area contributed by atoms with Crippen molar-refractivity contribution in [1.29, 1.82) is 0 Å². The maximum absolute atomic E-state index is 12.7. The number of nitro benzene ring substituents is 1. The monoisotopic (exact) mass is 381 g/mol. The van der Waals surface area contributed by atoms with Crippen LogP contribution in [0.4, 0.5) is 17.1 Å². The Balaban J connectivity index is 1.88. The SMILES string of the molecule is CCCCC(=O)Nc1c(C(=O)Nc2ccc([N+](=O)[O-])cc2)oc2ccccc12. The molecule has 144 valence electrons. The molecule has 0 aliphatic heterocycles. The minimum atomic E-state index is -0.559. The molecule has 0 unspecified atom stereocenters. The second-order valence-corrected chi connectivity index (χ2v) is 6.21. The molecule has 0 bridgehead atoms. The summed E-state index contributed by atoms with van der Waals surface area (Å²) in [5, 5.41) is 16.8. The van der Waals surface area contributed by atoms with Gasteiger partial charge in [0.15, 0.2) is 0 Å². The van der Waals surface area contributed by atoms with E-state index in [0.717, 1.165) is 12.8 Å². The summed E-state index contributed by atoms with van der Waals surface area (Å²) in [4.78, 5) is 35.1. The van der Waals surface area contributed by atoms with E-state index < -0.39 is 10.8 Å². The zero-order valence-corrected chi connectivity index (χ0v) is 15.2. The van der Waals surface area contributed by atoms with Gasteiger partial charge in [0, 0.05) is 29.6 Å². The van der Waals surface area contributed by atoms with Crippen LogP contribution in [-0.2, 0) is 4.79 Å². The molecule has 0 saturated carbocycles. The lowest BCUT2D eigenvalue weighted by molar-refractivity contribution is -0.384. The van der Waals surface area contributed by atoms with Gasteiger partial charge in [-0.2, -0.15) is 0 Å². The second-order valence-electron chi connectivity index (χ2n) is 6.21. The first-order chi connectivity index (χ1) is 13.5. The number of para-hydroxylation sites is 1. The van der Waals surface area contributed by atoms with Crippen LogP contribution in [0.25, 0.3) is 11.0 Å². The fraction of sp³-hybridized carbons (Fsp3) is 0.200. The Kier molecular flexibility index (Phi) is 5.69. The molecule has 3 rings (SSSR count). The van der Waals surface area contributed by atoms with E-state index in [1.165, 1.54) is 24.3 Å². The highest BCUT2D eigenvalue weighted by Gasteiger charge is 2.22. The number of benzene rings is 2. The van der Waals surface area contributed by atoms with Crippen LogP contribution >= 0.6 is 0 Å². The first-order valence-electron chi connectivity index (χ1n) is 8.86. The molecule has 0 saturated heterocycles. The number of fused-ring (bicyclic) bond motifs is 1. The average molecular weight is 381 g/mol. The molecule has 2 amide bonds. The zero-order valence-electron chi connectivity index (χ0n) is 15.2. The lowest BCUT2D eigenvalue weighted by atomic mass is 10.2. The number of nitrogens with zero attached hydrogens (tertiary/aromatic N) is 1. The van der Waals surface area contributed by atoms with Gasteiger partial charge >= 0.3 is 0 Å². The molecule has 2 aromatic carbocycles. The predicted octanol–water partition coefficient (Wildman–Crippen LogP) is 4.72. The summed E-state index contributed by atoms with van der Waals surface area (Å²) in [7, 11) is 0. The molecule has 0 aliphatic rings. The van der Waals surface area contributed by atoms with E-state index in [9.17, 15) is 19.7 Å². The highest BCUT2D eigenvalue weighted by Crippen LogP contribution is 2.31. The molecular weight excluding hydrogens is 362 g/mol. The summed E-state index contributed by atoms with van der Waals surface area (Å²) in [5.74, 6) is -0.780. The summed E-state index contributed by atoms with van der Waals surface area (Å²) < 4.78 is 5.67. The molecule has 0 fully saturated rings. The van der Waals surface area contributed by atoms with Crippen LogP contribution in [0.3, 0.4) is 0 Å². The van der Waals surface area contributed by atoms with Crippen molar-refractivity contribution < 1.29 is 18.9 Å². The van der Waals surface area contributed by atoms with Crippen molar-refractivity contribution in [2.75, 3.05) is 10.6 Å². The number of unbranched alkanes of at least 4 members (excludes halogenated alkanes) is 1. The van der Waals surface area contributed by atoms with Gasteiger partial charge in [-0.3, -0.25) is 19.7 Å². The van der Waals surface area contributed by atoms with Crippen LogP contribution < -0.4 is 10.6 Å². The number of carbonyl (C=O) groups is 2. The van der Waals surface area contributed by atoms with Gasteiger partial charge in [-0.25, -0.2) is 0 Å². The Morgan fingerprint density at radius 1 is 1.07 bits per heavy atom. The number of non-ortho nitro benzene ring substituents is 1. The Hall–Kier alpha value is -3.68. The highest BCUT2D eigenvalue weighted by atomic mass is 16.6. The summed E-state index contributed by atoms with van der Waals surface area (Å²) in [6, 6.07) is 12.5. The van der Waals surface area contributed by atoms with E-state index in [0.29, 0.717) is 28.8 Å². The topological polar surface area (TPSA) is 114 Å². The number of carbonyl (C=O) groups excluding carboxylic acids is 2. The van der Waals surface area contributed by atoms with E-state index in [4.69, 9.17) is 4.42 Å². The third-order valence-corrected chi connectivity index (χ3v) is 4.16. The van der Waals surface area contributed by atoms with E-state index >= 15 is 0 Å². The van der Waals surface area contributed by atoms with Gasteiger partial charge in [-0.15, -0.1) is 0 Å². The van der Waals surface area contributed by atoms with Crippen molar-refractivity contribution in [3.05, 3.63) is 64.4 Å². The first kappa shape index (κ1) is 19.1. The lowest BCUT2D eigenvalue weighted by Gasteiger charge is -2.07. The quantitative estimate of drug-likeness (QED) is 0.454. The molecule has 0 spiro atoms. The largest absolute Gasteiger partial charge is 0.449 e. The Morgan fingerprint density at radius 2 is 1.79 bits per heavy atom. The Bertz CT molecular complexity index is 1020. The van der Waals surface area contributed by atoms with Gasteiger partial charge in [-0.05, 0) is 30.7 Å². The van der Waals surface area contributed by atoms with Crippen LogP contribution in [0, 0.1) is 10.1 Å². The maximum Gasteiger partial charge on any atom is 0.293 e. The molecule has 0 aliphatic carbocycles. The predicted molar refractivity (Wildman–Crippen MR) is 105 cm³/mol. The molecular formula is C20H19N3O5. The Labute approximate surface area is 160 Å². The highest BCUT2D eigenvalue weighted by molar-refractivity contribution is 6.14. The number of nitro groups is 1. The third kappa shape index (κ3) is 4.17. The summed E-state index contributed by atoms with van der Waals surface area (Å²) >= 11 is 0. The molecule has 28 heavy (non-hydrogen) atoms. The molecule has 3 aromatic rings. The molecule has 8 nitrogen and oxygen atoms in total. The van der Waals surface area contributed by atoms with E-state index in [2.05, 4.69) is 10.6 Å². The number of rotatable bonds is 7. The molecule has 8 heteroatoms. The summed E-state index contributed by atoms with van der Waals surface area (Å²) in [6.45, 7) is 1.99. The van der Waals surface area contributed by atoms with Crippen molar-refractivity contribution in [3.8, 4) is 0 Å². The molecule has 0 atom stereocenters. The van der Waals surface area contributed by atoms with Crippen molar-refractivity contribution >= 4 is 39.8 Å². The number of anilines is 2. The standard InChI is InChI=1S/C20H19N3O5/c1-2-3-8-17(24)22-18-15-6-4-5-7-16(15)28-19(18)20(25)21-13-9-11-14(12-10-13)23(26)27/h4-7,9-12H,2-3,8H2,1H3,(H,21,25)(H,22,24). The third-order valence-electron chi connectivity index (χ3n) is 4.16. The Morgan fingerprint density at radius 3 is 2.46 bits per heavy atom. The molecule has 0 radical (unpaired) electrons. The number of furan rings is 1. The van der Waals surface area contributed by atoms with Gasteiger partial charge in [0.2, 0.25) is 11.7 Å². The van der Waals surface area contributed by atoms with Crippen molar-refractivity contribution in [2.24, 2.45) is 0 Å². The van der Waals surface area contributed by atoms with Crippen LogP contribution in [0.1, 0.15) is 36.7 Å². The fourth-order valence-electron chi connectivity index (χ4n) is 2.72. The van der Waals surface area contributed by atoms with Crippen molar-refractivity contribution in [2.45, 2.75) is 26.2 Å². The number of hydrogen-bond acceptors (Lipinski definition) is 5. The van der Waals surface area contributed by atoms with Crippen molar-refractivity contribution in [1.82, 2.24) is 0 Å². The fourth-order valence-corrected chi connectivity index (χ4v) is 2.72. The average Bonchev–Trinajstić information content (AvgIpc) is 3.05. The lowest BCUT2D eigenvalue weighted by Crippen LogP contribution is -2.16. The van der Waals surface area contributed by atoms with E-state index in [1.54, 1.807) is 24.3 Å². The van der Waals surface area contributed by atoms with Gasteiger partial charge in [-0.1, -0.05) is 25.5 Å². The summed E-state index contributed by atoms with van der Waals surface area (Å²) in [6.07, 6.45) is 1.97. The maximum atomic E-state index is 12.7. The molecule has 1 aromatic heterocycles. The van der Waals surface area contributed by atoms with Gasteiger partial charge in [0.05, 0.1) is 4.92 Å². The van der Waals surface area contributed by atoms with Gasteiger partial charge in [0.25, 0.3) is 11.6 Å². The van der Waals surface area contributed by atoms with Crippen molar-refractivity contribution in [3.63, 3.8) is 0 Å². The van der Waals surface area contributed by atoms with Crippen LogP contribution in [0.2, 0.25) is 0 Å². The van der Waals surface area contributed by atoms with Gasteiger partial charge < -0.3 is 15.1 Å². The number of amides is 2. The number of hydrogen-bond donors (Lipinski definition) is 2. The summed E-state index contributed by atoms with van der Waals surface area (Å²) in [5.41, 5.74) is 1.09. The van der Waals surface area contributed by atoms with Crippen LogP contribution in [-0.4, -0.2) is 16.7 Å². The smallest absolute Gasteiger partial charge is 0.293 e. The minimum Gasteiger partial charge on any atom is -0.449 e.